The first-order valence-corrected chi connectivity index (χ1v) is 10.3. The van der Waals surface area contributed by atoms with Crippen LogP contribution in [0.15, 0.2) is 24.5 Å². The fourth-order valence-corrected chi connectivity index (χ4v) is 4.94. The minimum absolute atomic E-state index is 0.0164. The number of carbonyl (C=O) groups excluding carboxylic acids is 2. The molecule has 0 spiro atoms. The van der Waals surface area contributed by atoms with Gasteiger partial charge < -0.3 is 15.0 Å². The Kier molecular flexibility index (Phi) is 5.50. The van der Waals surface area contributed by atoms with Crippen molar-refractivity contribution in [3.63, 3.8) is 0 Å². The van der Waals surface area contributed by atoms with Crippen LogP contribution in [0.4, 0.5) is 5.00 Å². The number of thiophene rings is 1. The zero-order chi connectivity index (χ0) is 18.6. The zero-order valence-electron chi connectivity index (χ0n) is 15.2. The molecular formula is C20H23N3O3S. The summed E-state index contributed by atoms with van der Waals surface area (Å²) in [5, 5.41) is 3.68. The highest BCUT2D eigenvalue weighted by atomic mass is 32.1. The van der Waals surface area contributed by atoms with Crippen molar-refractivity contribution in [3.05, 3.63) is 46.1 Å². The van der Waals surface area contributed by atoms with Crippen molar-refractivity contribution in [2.24, 2.45) is 0 Å². The number of amides is 2. The standard InChI is InChI=1S/C20H23N3O3S/c24-18(14-6-8-21-9-7-14)22-19-17(20(25)23-10-12-26-13-11-23)15-4-2-1-3-5-16(15)27-19/h6-9H,1-5,10-13H2,(H,22,24). The molecule has 2 aliphatic rings. The summed E-state index contributed by atoms with van der Waals surface area (Å²) in [5.74, 6) is -0.187. The van der Waals surface area contributed by atoms with Crippen molar-refractivity contribution in [2.75, 3.05) is 31.6 Å². The van der Waals surface area contributed by atoms with E-state index >= 15 is 0 Å². The molecule has 2 amide bonds. The molecule has 3 heterocycles. The predicted octanol–water partition coefficient (Wildman–Crippen LogP) is 3.14. The van der Waals surface area contributed by atoms with Gasteiger partial charge in [-0.3, -0.25) is 14.6 Å². The van der Waals surface area contributed by atoms with Crippen molar-refractivity contribution in [3.8, 4) is 0 Å². The van der Waals surface area contributed by atoms with Gasteiger partial charge in [-0.15, -0.1) is 11.3 Å². The number of carbonyl (C=O) groups is 2. The summed E-state index contributed by atoms with van der Waals surface area (Å²) in [6, 6.07) is 3.36. The average Bonchev–Trinajstić information content (AvgIpc) is 2.89. The molecule has 0 aromatic carbocycles. The zero-order valence-corrected chi connectivity index (χ0v) is 16.0. The molecule has 0 unspecified atom stereocenters. The Bertz CT molecular complexity index is 828. The number of ether oxygens (including phenoxy) is 1. The molecule has 1 aliphatic heterocycles. The normalized spacial score (nSPS) is 17.1. The summed E-state index contributed by atoms with van der Waals surface area (Å²) in [6.07, 6.45) is 8.49. The molecule has 1 N–H and O–H groups in total. The number of pyridine rings is 1. The molecule has 0 bridgehead atoms. The summed E-state index contributed by atoms with van der Waals surface area (Å²) in [5.41, 5.74) is 2.37. The number of hydrogen-bond donors (Lipinski definition) is 1. The molecule has 2 aromatic rings. The van der Waals surface area contributed by atoms with Crippen LogP contribution in [0.3, 0.4) is 0 Å². The summed E-state index contributed by atoms with van der Waals surface area (Å²) in [4.78, 5) is 33.0. The van der Waals surface area contributed by atoms with E-state index in [0.717, 1.165) is 31.2 Å². The molecule has 1 aliphatic carbocycles. The first-order valence-electron chi connectivity index (χ1n) is 9.47. The average molecular weight is 385 g/mol. The van der Waals surface area contributed by atoms with E-state index in [1.54, 1.807) is 35.9 Å². The minimum Gasteiger partial charge on any atom is -0.378 e. The predicted molar refractivity (Wildman–Crippen MR) is 104 cm³/mol. The van der Waals surface area contributed by atoms with Crippen LogP contribution < -0.4 is 5.32 Å². The third-order valence-corrected chi connectivity index (χ3v) is 6.31. The lowest BCUT2D eigenvalue weighted by Crippen LogP contribution is -2.41. The fourth-order valence-electron chi connectivity index (χ4n) is 3.66. The van der Waals surface area contributed by atoms with Gasteiger partial charge >= 0.3 is 0 Å². The van der Waals surface area contributed by atoms with Crippen LogP contribution >= 0.6 is 11.3 Å². The Morgan fingerprint density at radius 3 is 2.59 bits per heavy atom. The maximum absolute atomic E-state index is 13.3. The topological polar surface area (TPSA) is 71.5 Å². The first kappa shape index (κ1) is 18.1. The van der Waals surface area contributed by atoms with Gasteiger partial charge in [0.05, 0.1) is 18.8 Å². The highest BCUT2D eigenvalue weighted by molar-refractivity contribution is 7.17. The number of aromatic nitrogens is 1. The quantitative estimate of drug-likeness (QED) is 0.824. The van der Waals surface area contributed by atoms with E-state index in [1.165, 1.54) is 11.3 Å². The highest BCUT2D eigenvalue weighted by Crippen LogP contribution is 2.38. The SMILES string of the molecule is O=C(Nc1sc2c(c1C(=O)N1CCOCC1)CCCCC2)c1ccncc1. The number of rotatable bonds is 3. The van der Waals surface area contributed by atoms with Crippen molar-refractivity contribution >= 4 is 28.2 Å². The molecule has 6 nitrogen and oxygen atoms in total. The molecule has 0 radical (unpaired) electrons. The van der Waals surface area contributed by atoms with E-state index in [2.05, 4.69) is 10.3 Å². The van der Waals surface area contributed by atoms with E-state index in [1.807, 2.05) is 4.90 Å². The van der Waals surface area contributed by atoms with E-state index in [4.69, 9.17) is 4.74 Å². The van der Waals surface area contributed by atoms with E-state index in [0.29, 0.717) is 42.4 Å². The second-order valence-electron chi connectivity index (χ2n) is 6.86. The molecule has 1 fully saturated rings. The Morgan fingerprint density at radius 2 is 1.81 bits per heavy atom. The molecule has 0 saturated carbocycles. The Balaban J connectivity index is 1.67. The Hall–Kier alpha value is -2.25. The van der Waals surface area contributed by atoms with Gasteiger partial charge in [0.15, 0.2) is 0 Å². The molecule has 27 heavy (non-hydrogen) atoms. The van der Waals surface area contributed by atoms with Gasteiger partial charge in [0.25, 0.3) is 11.8 Å². The molecule has 142 valence electrons. The molecule has 7 heteroatoms. The number of morpholine rings is 1. The number of nitrogens with zero attached hydrogens (tertiary/aromatic N) is 2. The van der Waals surface area contributed by atoms with Gasteiger partial charge in [-0.05, 0) is 43.4 Å². The Morgan fingerprint density at radius 1 is 1.07 bits per heavy atom. The molecular weight excluding hydrogens is 362 g/mol. The molecule has 4 rings (SSSR count). The van der Waals surface area contributed by atoms with Crippen LogP contribution in [0, 0.1) is 0 Å². The number of anilines is 1. The fraction of sp³-hybridized carbons (Fsp3) is 0.450. The van der Waals surface area contributed by atoms with Crippen LogP contribution in [0.5, 0.6) is 0 Å². The Labute approximate surface area is 162 Å². The second kappa shape index (κ2) is 8.19. The number of aryl methyl sites for hydroxylation is 1. The first-order chi connectivity index (χ1) is 13.2. The number of fused-ring (bicyclic) bond motifs is 1. The summed E-state index contributed by atoms with van der Waals surface area (Å²) in [6.45, 7) is 2.33. The third kappa shape index (κ3) is 3.89. The second-order valence-corrected chi connectivity index (χ2v) is 7.97. The van der Waals surface area contributed by atoms with Crippen molar-refractivity contribution in [1.82, 2.24) is 9.88 Å². The van der Waals surface area contributed by atoms with Crippen molar-refractivity contribution in [2.45, 2.75) is 32.1 Å². The van der Waals surface area contributed by atoms with Gasteiger partial charge in [0.1, 0.15) is 5.00 Å². The summed E-state index contributed by atoms with van der Waals surface area (Å²) >= 11 is 1.56. The largest absolute Gasteiger partial charge is 0.378 e. The van der Waals surface area contributed by atoms with Crippen molar-refractivity contribution in [1.29, 1.82) is 0 Å². The third-order valence-electron chi connectivity index (χ3n) is 5.10. The van der Waals surface area contributed by atoms with Gasteiger partial charge in [-0.1, -0.05) is 6.42 Å². The van der Waals surface area contributed by atoms with Crippen LogP contribution in [0.2, 0.25) is 0 Å². The molecule has 1 saturated heterocycles. The van der Waals surface area contributed by atoms with E-state index in [-0.39, 0.29) is 11.8 Å². The summed E-state index contributed by atoms with van der Waals surface area (Å²) in [7, 11) is 0. The monoisotopic (exact) mass is 385 g/mol. The van der Waals surface area contributed by atoms with Gasteiger partial charge in [0.2, 0.25) is 0 Å². The smallest absolute Gasteiger partial charge is 0.257 e. The van der Waals surface area contributed by atoms with Gasteiger partial charge in [0, 0.05) is 35.9 Å². The maximum atomic E-state index is 13.3. The van der Waals surface area contributed by atoms with Crippen LogP contribution in [0.25, 0.3) is 0 Å². The van der Waals surface area contributed by atoms with E-state index < -0.39 is 0 Å². The number of nitrogens with one attached hydrogen (secondary N) is 1. The lowest BCUT2D eigenvalue weighted by Gasteiger charge is -2.27. The maximum Gasteiger partial charge on any atom is 0.257 e. The van der Waals surface area contributed by atoms with Crippen LogP contribution in [0.1, 0.15) is 50.4 Å². The molecule has 0 atom stereocenters. The minimum atomic E-state index is -0.204. The number of hydrogen-bond acceptors (Lipinski definition) is 5. The summed E-state index contributed by atoms with van der Waals surface area (Å²) < 4.78 is 5.39. The lowest BCUT2D eigenvalue weighted by atomic mass is 10.0. The van der Waals surface area contributed by atoms with Crippen LogP contribution in [-0.2, 0) is 17.6 Å². The van der Waals surface area contributed by atoms with Gasteiger partial charge in [-0.2, -0.15) is 0 Å². The van der Waals surface area contributed by atoms with Crippen molar-refractivity contribution < 1.29 is 14.3 Å². The lowest BCUT2D eigenvalue weighted by molar-refractivity contribution is 0.0303. The molecule has 2 aromatic heterocycles. The highest BCUT2D eigenvalue weighted by Gasteiger charge is 2.29. The van der Waals surface area contributed by atoms with E-state index in [9.17, 15) is 9.59 Å². The van der Waals surface area contributed by atoms with Crippen LogP contribution in [-0.4, -0.2) is 48.0 Å². The van der Waals surface area contributed by atoms with Gasteiger partial charge in [-0.25, -0.2) is 0 Å².